The number of rotatable bonds is 8. The Hall–Kier alpha value is -3.91. The third kappa shape index (κ3) is 5.80. The second-order valence-corrected chi connectivity index (χ2v) is 6.42. The Balaban J connectivity index is 1.70. The smallest absolute Gasteiger partial charge is 0.349 e. The molecule has 0 bridgehead atoms. The molecule has 0 aliphatic heterocycles. The van der Waals surface area contributed by atoms with Gasteiger partial charge in [-0.15, -0.1) is 0 Å². The first-order chi connectivity index (χ1) is 15.0. The largest absolute Gasteiger partial charge is 0.497 e. The van der Waals surface area contributed by atoms with Gasteiger partial charge in [0, 0.05) is 31.2 Å². The number of amides is 1. The van der Waals surface area contributed by atoms with Crippen molar-refractivity contribution in [1.82, 2.24) is 5.32 Å². The summed E-state index contributed by atoms with van der Waals surface area (Å²) >= 11 is 0. The monoisotopic (exact) mass is 423 g/mol. The molecule has 0 aliphatic rings. The van der Waals surface area contributed by atoms with E-state index in [0.29, 0.717) is 17.7 Å². The minimum absolute atomic E-state index is 0.115. The van der Waals surface area contributed by atoms with Gasteiger partial charge in [0.05, 0.1) is 13.7 Å². The first-order valence-electron chi connectivity index (χ1n) is 9.39. The van der Waals surface area contributed by atoms with Gasteiger partial charge in [0.15, 0.2) is 0 Å². The van der Waals surface area contributed by atoms with Gasteiger partial charge < -0.3 is 23.9 Å². The molecule has 160 valence electrons. The highest BCUT2D eigenvalue weighted by atomic mass is 16.5. The molecule has 0 saturated carbocycles. The molecule has 1 aromatic heterocycles. The zero-order valence-corrected chi connectivity index (χ0v) is 17.0. The van der Waals surface area contributed by atoms with Crippen LogP contribution in [0, 0.1) is 0 Å². The number of esters is 1. The van der Waals surface area contributed by atoms with Gasteiger partial charge in [0.25, 0.3) is 5.91 Å². The van der Waals surface area contributed by atoms with Crippen molar-refractivity contribution in [3.05, 3.63) is 76.2 Å². The predicted molar refractivity (Wildman–Crippen MR) is 114 cm³/mol. The van der Waals surface area contributed by atoms with Crippen LogP contribution in [0.3, 0.4) is 0 Å². The van der Waals surface area contributed by atoms with Gasteiger partial charge >= 0.3 is 11.6 Å². The van der Waals surface area contributed by atoms with Gasteiger partial charge in [-0.1, -0.05) is 12.1 Å². The van der Waals surface area contributed by atoms with E-state index in [1.807, 2.05) is 0 Å². The lowest BCUT2D eigenvalue weighted by molar-refractivity contribution is -0.128. The molecule has 1 N–H and O–H groups in total. The molecule has 8 heteroatoms. The standard InChI is InChI=1S/C23H21NO7/c1-28-12-11-24-22(26)19-13-16-6-9-18(14-20(16)31-23(19)27)30-21(25)10-5-15-3-7-17(29-2)8-4-15/h3-10,13-14H,11-12H2,1-2H3,(H,24,26)/b10-5+. The summed E-state index contributed by atoms with van der Waals surface area (Å²) < 4.78 is 20.4. The van der Waals surface area contributed by atoms with E-state index < -0.39 is 17.5 Å². The van der Waals surface area contributed by atoms with Crippen LogP contribution in [0.15, 0.2) is 63.8 Å². The fourth-order valence-electron chi connectivity index (χ4n) is 2.70. The van der Waals surface area contributed by atoms with Crippen LogP contribution >= 0.6 is 0 Å². The second-order valence-electron chi connectivity index (χ2n) is 6.42. The van der Waals surface area contributed by atoms with Crippen molar-refractivity contribution in [1.29, 1.82) is 0 Å². The Labute approximate surface area is 178 Å². The Morgan fingerprint density at radius 1 is 1.03 bits per heavy atom. The predicted octanol–water partition coefficient (Wildman–Crippen LogP) is 2.80. The van der Waals surface area contributed by atoms with Gasteiger partial charge in [-0.05, 0) is 42.0 Å². The molecule has 1 heterocycles. The summed E-state index contributed by atoms with van der Waals surface area (Å²) in [6.07, 6.45) is 2.90. The van der Waals surface area contributed by atoms with E-state index in [2.05, 4.69) is 5.32 Å². The Morgan fingerprint density at radius 2 is 1.77 bits per heavy atom. The quantitative estimate of drug-likeness (QED) is 0.195. The molecular formula is C23H21NO7. The van der Waals surface area contributed by atoms with Crippen LogP contribution in [0.1, 0.15) is 15.9 Å². The number of carbonyl (C=O) groups excluding carboxylic acids is 2. The molecule has 31 heavy (non-hydrogen) atoms. The number of benzene rings is 2. The maximum atomic E-state index is 12.2. The van der Waals surface area contributed by atoms with Gasteiger partial charge in [-0.2, -0.15) is 0 Å². The molecule has 0 aliphatic carbocycles. The van der Waals surface area contributed by atoms with Crippen LogP contribution in [0.25, 0.3) is 17.0 Å². The third-order valence-electron chi connectivity index (χ3n) is 4.29. The highest BCUT2D eigenvalue weighted by Gasteiger charge is 2.14. The van der Waals surface area contributed by atoms with Crippen LogP contribution in [0.5, 0.6) is 11.5 Å². The van der Waals surface area contributed by atoms with Crippen molar-refractivity contribution in [2.45, 2.75) is 0 Å². The number of hydrogen-bond donors (Lipinski definition) is 1. The summed E-state index contributed by atoms with van der Waals surface area (Å²) in [7, 11) is 3.09. The maximum Gasteiger partial charge on any atom is 0.349 e. The maximum absolute atomic E-state index is 12.2. The molecule has 1 amide bonds. The lowest BCUT2D eigenvalue weighted by Gasteiger charge is -2.06. The summed E-state index contributed by atoms with van der Waals surface area (Å²) in [5.41, 5.74) is 0.0995. The molecule has 3 rings (SSSR count). The van der Waals surface area contributed by atoms with E-state index in [4.69, 9.17) is 18.6 Å². The number of methoxy groups -OCH3 is 2. The summed E-state index contributed by atoms with van der Waals surface area (Å²) in [5.74, 6) is -0.219. The normalized spacial score (nSPS) is 10.9. The number of carbonyl (C=O) groups is 2. The van der Waals surface area contributed by atoms with Crippen molar-refractivity contribution in [3.8, 4) is 11.5 Å². The molecule has 3 aromatic rings. The van der Waals surface area contributed by atoms with Gasteiger partial charge in [0.2, 0.25) is 0 Å². The molecule has 0 unspecified atom stereocenters. The van der Waals surface area contributed by atoms with Crippen LogP contribution in [-0.2, 0) is 9.53 Å². The molecule has 0 fully saturated rings. The summed E-state index contributed by atoms with van der Waals surface area (Å²) in [4.78, 5) is 36.4. The van der Waals surface area contributed by atoms with E-state index in [-0.39, 0.29) is 23.4 Å². The summed E-state index contributed by atoms with van der Waals surface area (Å²) in [5, 5.41) is 3.09. The van der Waals surface area contributed by atoms with Gasteiger partial charge in [0.1, 0.15) is 22.6 Å². The minimum Gasteiger partial charge on any atom is -0.497 e. The summed E-state index contributed by atoms with van der Waals surface area (Å²) in [6.45, 7) is 0.595. The topological polar surface area (TPSA) is 104 Å². The second kappa shape index (κ2) is 10.2. The number of nitrogens with one attached hydrogen (secondary N) is 1. The van der Waals surface area contributed by atoms with Crippen LogP contribution in [0.2, 0.25) is 0 Å². The zero-order valence-electron chi connectivity index (χ0n) is 17.0. The van der Waals surface area contributed by atoms with Crippen LogP contribution < -0.4 is 20.4 Å². The lowest BCUT2D eigenvalue weighted by Crippen LogP contribution is -2.30. The van der Waals surface area contributed by atoms with Crippen molar-refractivity contribution in [2.24, 2.45) is 0 Å². The zero-order chi connectivity index (χ0) is 22.2. The van der Waals surface area contributed by atoms with Crippen LogP contribution in [0.4, 0.5) is 0 Å². The number of hydrogen-bond acceptors (Lipinski definition) is 7. The summed E-state index contributed by atoms with van der Waals surface area (Å²) in [6, 6.07) is 13.2. The Bertz CT molecular complexity index is 1160. The number of fused-ring (bicyclic) bond motifs is 1. The average Bonchev–Trinajstić information content (AvgIpc) is 2.77. The molecule has 0 saturated heterocycles. The molecule has 0 radical (unpaired) electrons. The average molecular weight is 423 g/mol. The van der Waals surface area contributed by atoms with Gasteiger partial charge in [-0.3, -0.25) is 4.79 Å². The van der Waals surface area contributed by atoms with Gasteiger partial charge in [-0.25, -0.2) is 9.59 Å². The Morgan fingerprint density at radius 3 is 2.48 bits per heavy atom. The van der Waals surface area contributed by atoms with Crippen molar-refractivity contribution in [3.63, 3.8) is 0 Å². The van der Waals surface area contributed by atoms with E-state index in [1.165, 1.54) is 25.3 Å². The fourth-order valence-corrected chi connectivity index (χ4v) is 2.70. The molecule has 2 aromatic carbocycles. The van der Waals surface area contributed by atoms with E-state index >= 15 is 0 Å². The molecule has 0 atom stereocenters. The molecule has 0 spiro atoms. The fraction of sp³-hybridized carbons (Fsp3) is 0.174. The SMILES string of the molecule is COCCNC(=O)c1cc2ccc(OC(=O)/C=C/c3ccc(OC)cc3)cc2oc1=O. The highest BCUT2D eigenvalue weighted by molar-refractivity contribution is 5.97. The van der Waals surface area contributed by atoms with E-state index in [9.17, 15) is 14.4 Å². The van der Waals surface area contributed by atoms with Crippen LogP contribution in [-0.4, -0.2) is 39.2 Å². The third-order valence-corrected chi connectivity index (χ3v) is 4.29. The Kier molecular flexibility index (Phi) is 7.18. The van der Waals surface area contributed by atoms with Crippen molar-refractivity contribution >= 4 is 28.9 Å². The van der Waals surface area contributed by atoms with E-state index in [1.54, 1.807) is 49.6 Å². The minimum atomic E-state index is -0.787. The van der Waals surface area contributed by atoms with Crippen molar-refractivity contribution < 1.29 is 28.2 Å². The molecule has 8 nitrogen and oxygen atoms in total. The molecular weight excluding hydrogens is 402 g/mol. The number of ether oxygens (including phenoxy) is 3. The highest BCUT2D eigenvalue weighted by Crippen LogP contribution is 2.21. The first-order valence-corrected chi connectivity index (χ1v) is 9.39. The lowest BCUT2D eigenvalue weighted by atomic mass is 10.1. The van der Waals surface area contributed by atoms with Crippen molar-refractivity contribution in [2.75, 3.05) is 27.4 Å². The first kappa shape index (κ1) is 21.8. The van der Waals surface area contributed by atoms with E-state index in [0.717, 1.165) is 5.56 Å².